The molecule has 0 radical (unpaired) electrons. The van der Waals surface area contributed by atoms with Gasteiger partial charge in [-0.2, -0.15) is 0 Å². The van der Waals surface area contributed by atoms with Crippen molar-refractivity contribution in [3.63, 3.8) is 0 Å². The monoisotopic (exact) mass is 400 g/mol. The van der Waals surface area contributed by atoms with Gasteiger partial charge in [-0.3, -0.25) is 9.59 Å². The molecule has 2 aromatic rings. The molecule has 0 saturated carbocycles. The maximum absolute atomic E-state index is 12.4. The third kappa shape index (κ3) is 5.04. The number of halogens is 1. The van der Waals surface area contributed by atoms with E-state index in [-0.39, 0.29) is 18.4 Å². The van der Waals surface area contributed by atoms with Crippen LogP contribution in [0.25, 0.3) is 0 Å². The van der Waals surface area contributed by atoms with Crippen molar-refractivity contribution in [2.75, 3.05) is 32.8 Å². The number of aryl methyl sites for hydroxylation is 2. The summed E-state index contributed by atoms with van der Waals surface area (Å²) in [5.41, 5.74) is 2.86. The van der Waals surface area contributed by atoms with Gasteiger partial charge in [-0.15, -0.1) is 0 Å². The summed E-state index contributed by atoms with van der Waals surface area (Å²) in [6.45, 7) is 5.97. The SMILES string of the molecule is Cc1cc(OCC(=O)N2CCN(C(=O)Cc3ccccc3)CC2)cc(C)c1Cl. The lowest BCUT2D eigenvalue weighted by Gasteiger charge is -2.34. The Labute approximate surface area is 170 Å². The van der Waals surface area contributed by atoms with Crippen molar-refractivity contribution in [1.29, 1.82) is 0 Å². The van der Waals surface area contributed by atoms with Gasteiger partial charge in [-0.25, -0.2) is 0 Å². The van der Waals surface area contributed by atoms with Crippen LogP contribution >= 0.6 is 11.6 Å². The van der Waals surface area contributed by atoms with Crippen molar-refractivity contribution in [1.82, 2.24) is 9.80 Å². The number of amides is 2. The average molecular weight is 401 g/mol. The van der Waals surface area contributed by atoms with E-state index in [1.165, 1.54) is 0 Å². The fraction of sp³-hybridized carbons (Fsp3) is 0.364. The van der Waals surface area contributed by atoms with Crippen LogP contribution in [-0.2, 0) is 16.0 Å². The summed E-state index contributed by atoms with van der Waals surface area (Å²) in [6.07, 6.45) is 0.396. The predicted octanol–water partition coefficient (Wildman–Crippen LogP) is 3.25. The third-order valence-corrected chi connectivity index (χ3v) is 5.55. The molecule has 28 heavy (non-hydrogen) atoms. The number of carbonyl (C=O) groups excluding carboxylic acids is 2. The van der Waals surface area contributed by atoms with Crippen LogP contribution in [-0.4, -0.2) is 54.4 Å². The van der Waals surface area contributed by atoms with Crippen LogP contribution in [0.4, 0.5) is 0 Å². The largest absolute Gasteiger partial charge is 0.484 e. The van der Waals surface area contributed by atoms with Crippen LogP contribution in [0.5, 0.6) is 5.75 Å². The first-order valence-electron chi connectivity index (χ1n) is 9.43. The number of piperazine rings is 1. The number of carbonyl (C=O) groups is 2. The summed E-state index contributed by atoms with van der Waals surface area (Å²) in [5, 5.41) is 0.718. The summed E-state index contributed by atoms with van der Waals surface area (Å²) in [6, 6.07) is 13.4. The summed E-state index contributed by atoms with van der Waals surface area (Å²) >= 11 is 6.16. The van der Waals surface area contributed by atoms with E-state index in [0.29, 0.717) is 38.3 Å². The highest BCUT2D eigenvalue weighted by molar-refractivity contribution is 6.32. The Morgan fingerprint density at radius 2 is 1.46 bits per heavy atom. The molecule has 2 aromatic carbocycles. The molecule has 1 aliphatic rings. The summed E-state index contributed by atoms with van der Waals surface area (Å²) in [5.74, 6) is 0.673. The topological polar surface area (TPSA) is 49.9 Å². The molecule has 0 bridgehead atoms. The quantitative estimate of drug-likeness (QED) is 0.774. The molecular formula is C22H25ClN2O3. The molecule has 0 N–H and O–H groups in total. The Kier molecular flexibility index (Phi) is 6.57. The number of hydrogen-bond donors (Lipinski definition) is 0. The Morgan fingerprint density at radius 3 is 2.04 bits per heavy atom. The van der Waals surface area contributed by atoms with Crippen molar-refractivity contribution in [2.24, 2.45) is 0 Å². The zero-order chi connectivity index (χ0) is 20.1. The number of rotatable bonds is 5. The lowest BCUT2D eigenvalue weighted by atomic mass is 10.1. The molecule has 1 fully saturated rings. The van der Waals surface area contributed by atoms with Gasteiger partial charge in [0, 0.05) is 31.2 Å². The van der Waals surface area contributed by atoms with Crippen molar-refractivity contribution in [3.8, 4) is 5.75 Å². The second-order valence-electron chi connectivity index (χ2n) is 7.08. The fourth-order valence-corrected chi connectivity index (χ4v) is 3.42. The molecule has 1 heterocycles. The predicted molar refractivity (Wildman–Crippen MR) is 110 cm³/mol. The normalized spacial score (nSPS) is 14.1. The highest BCUT2D eigenvalue weighted by Gasteiger charge is 2.24. The summed E-state index contributed by atoms with van der Waals surface area (Å²) in [4.78, 5) is 28.5. The number of benzene rings is 2. The van der Waals surface area contributed by atoms with Crippen LogP contribution in [0.3, 0.4) is 0 Å². The first-order chi connectivity index (χ1) is 13.4. The van der Waals surface area contributed by atoms with E-state index in [0.717, 1.165) is 21.7 Å². The minimum absolute atomic E-state index is 0.0154. The molecule has 5 nitrogen and oxygen atoms in total. The molecule has 0 spiro atoms. The molecular weight excluding hydrogens is 376 g/mol. The van der Waals surface area contributed by atoms with Gasteiger partial charge in [0.05, 0.1) is 6.42 Å². The average Bonchev–Trinajstić information content (AvgIpc) is 2.71. The summed E-state index contributed by atoms with van der Waals surface area (Å²) in [7, 11) is 0. The number of ether oxygens (including phenoxy) is 1. The molecule has 3 rings (SSSR count). The van der Waals surface area contributed by atoms with Crippen LogP contribution in [0.2, 0.25) is 5.02 Å². The molecule has 6 heteroatoms. The molecule has 148 valence electrons. The van der Waals surface area contributed by atoms with Gasteiger partial charge in [0.2, 0.25) is 5.91 Å². The van der Waals surface area contributed by atoms with Gasteiger partial charge in [0.25, 0.3) is 5.91 Å². The third-order valence-electron chi connectivity index (χ3n) is 4.96. The highest BCUT2D eigenvalue weighted by atomic mass is 35.5. The Balaban J connectivity index is 1.46. The van der Waals surface area contributed by atoms with Crippen molar-refractivity contribution < 1.29 is 14.3 Å². The first-order valence-corrected chi connectivity index (χ1v) is 9.81. The van der Waals surface area contributed by atoms with Gasteiger partial charge in [-0.05, 0) is 42.7 Å². The minimum atomic E-state index is -0.0691. The molecule has 0 aromatic heterocycles. The molecule has 0 aliphatic carbocycles. The maximum Gasteiger partial charge on any atom is 0.260 e. The van der Waals surface area contributed by atoms with Crippen LogP contribution in [0, 0.1) is 13.8 Å². The Bertz CT molecular complexity index is 823. The maximum atomic E-state index is 12.4. The first kappa shape index (κ1) is 20.2. The van der Waals surface area contributed by atoms with Crippen LogP contribution in [0.15, 0.2) is 42.5 Å². The van der Waals surface area contributed by atoms with Gasteiger partial charge in [-0.1, -0.05) is 41.9 Å². The smallest absolute Gasteiger partial charge is 0.260 e. The van der Waals surface area contributed by atoms with E-state index in [1.807, 2.05) is 61.2 Å². The van der Waals surface area contributed by atoms with Gasteiger partial charge >= 0.3 is 0 Å². The molecule has 0 unspecified atom stereocenters. The fourth-order valence-electron chi connectivity index (χ4n) is 3.31. The molecule has 1 aliphatic heterocycles. The minimum Gasteiger partial charge on any atom is -0.484 e. The molecule has 0 atom stereocenters. The van der Waals surface area contributed by atoms with Crippen LogP contribution in [0.1, 0.15) is 16.7 Å². The van der Waals surface area contributed by atoms with Crippen molar-refractivity contribution in [2.45, 2.75) is 20.3 Å². The lowest BCUT2D eigenvalue weighted by molar-refractivity contribution is -0.140. The number of hydrogen-bond acceptors (Lipinski definition) is 3. The lowest BCUT2D eigenvalue weighted by Crippen LogP contribution is -2.52. The second kappa shape index (κ2) is 9.11. The van der Waals surface area contributed by atoms with E-state index in [2.05, 4.69) is 0 Å². The van der Waals surface area contributed by atoms with E-state index < -0.39 is 0 Å². The van der Waals surface area contributed by atoms with Crippen molar-refractivity contribution in [3.05, 3.63) is 64.2 Å². The van der Waals surface area contributed by atoms with E-state index in [9.17, 15) is 9.59 Å². The van der Waals surface area contributed by atoms with E-state index in [1.54, 1.807) is 4.90 Å². The highest BCUT2D eigenvalue weighted by Crippen LogP contribution is 2.25. The van der Waals surface area contributed by atoms with Gasteiger partial charge in [0.1, 0.15) is 5.75 Å². The van der Waals surface area contributed by atoms with Crippen LogP contribution < -0.4 is 4.74 Å². The van der Waals surface area contributed by atoms with Crippen molar-refractivity contribution >= 4 is 23.4 Å². The molecule has 2 amide bonds. The molecule has 1 saturated heterocycles. The zero-order valence-corrected chi connectivity index (χ0v) is 17.0. The van der Waals surface area contributed by atoms with Gasteiger partial charge in [0.15, 0.2) is 6.61 Å². The standard InChI is InChI=1S/C22H25ClN2O3/c1-16-12-19(13-17(2)22(16)23)28-15-21(27)25-10-8-24(9-11-25)20(26)14-18-6-4-3-5-7-18/h3-7,12-13H,8-11,14-15H2,1-2H3. The number of nitrogens with zero attached hydrogens (tertiary/aromatic N) is 2. The Morgan fingerprint density at radius 1 is 0.929 bits per heavy atom. The van der Waals surface area contributed by atoms with Gasteiger partial charge < -0.3 is 14.5 Å². The van der Waals surface area contributed by atoms with E-state index in [4.69, 9.17) is 16.3 Å². The van der Waals surface area contributed by atoms with E-state index >= 15 is 0 Å². The Hall–Kier alpha value is -2.53. The second-order valence-corrected chi connectivity index (χ2v) is 7.46. The zero-order valence-electron chi connectivity index (χ0n) is 16.3. The summed E-state index contributed by atoms with van der Waals surface area (Å²) < 4.78 is 5.66.